The fraction of sp³-hybridized carbons (Fsp3) is 0.286. The Morgan fingerprint density at radius 2 is 1.47 bits per heavy atom. The van der Waals surface area contributed by atoms with Crippen molar-refractivity contribution in [1.82, 2.24) is 5.32 Å². The molecule has 0 spiro atoms. The summed E-state index contributed by atoms with van der Waals surface area (Å²) in [7, 11) is 0. The molecule has 2 N–H and O–H groups in total. The predicted octanol–water partition coefficient (Wildman–Crippen LogP) is 5.92. The van der Waals surface area contributed by atoms with Gasteiger partial charge in [-0.2, -0.15) is 0 Å². The molecule has 0 saturated heterocycles. The summed E-state index contributed by atoms with van der Waals surface area (Å²) in [5.74, 6) is -0.407. The van der Waals surface area contributed by atoms with Crippen molar-refractivity contribution in [2.45, 2.75) is 44.8 Å². The number of alkyl carbamates (subject to hydrolysis) is 1. The van der Waals surface area contributed by atoms with Gasteiger partial charge in [0.1, 0.15) is 18.0 Å². The van der Waals surface area contributed by atoms with Gasteiger partial charge in [-0.05, 0) is 60.7 Å². The highest BCUT2D eigenvalue weighted by Crippen LogP contribution is 2.44. The third kappa shape index (κ3) is 5.39. The lowest BCUT2D eigenvalue weighted by Gasteiger charge is -2.22. The van der Waals surface area contributed by atoms with Gasteiger partial charge in [-0.15, -0.1) is 0 Å². The fourth-order valence-corrected chi connectivity index (χ4v) is 4.33. The number of carbonyl (C=O) groups excluding carboxylic acids is 1. The standard InChI is InChI=1S/C28H29NO5/c1-28(2,3)34-19-14-12-18(13-15-19)25(16-26(30)31)29-27(32)33-17-24-22-10-6-4-8-20(22)21-9-5-7-11-23(21)24/h4-15,24-25H,16-17H2,1-3H3,(H,29,32)(H,30,31). The number of nitrogens with one attached hydrogen (secondary N) is 1. The number of rotatable bonds is 7. The molecule has 34 heavy (non-hydrogen) atoms. The minimum atomic E-state index is -1.01. The second kappa shape index (κ2) is 9.59. The number of aliphatic carboxylic acids is 1. The Labute approximate surface area is 199 Å². The molecule has 0 fully saturated rings. The quantitative estimate of drug-likeness (QED) is 0.458. The van der Waals surface area contributed by atoms with Crippen LogP contribution in [0.5, 0.6) is 5.75 Å². The molecule has 4 rings (SSSR count). The van der Waals surface area contributed by atoms with Gasteiger partial charge in [0.05, 0.1) is 12.5 Å². The number of carboxylic acids is 1. The molecule has 1 atom stereocenters. The zero-order valence-corrected chi connectivity index (χ0v) is 19.6. The highest BCUT2D eigenvalue weighted by molar-refractivity contribution is 5.79. The predicted molar refractivity (Wildman–Crippen MR) is 130 cm³/mol. The molecule has 0 saturated carbocycles. The van der Waals surface area contributed by atoms with Crippen LogP contribution >= 0.6 is 0 Å². The maximum atomic E-state index is 12.7. The largest absolute Gasteiger partial charge is 0.488 e. The first kappa shape index (κ1) is 23.4. The van der Waals surface area contributed by atoms with Crippen molar-refractivity contribution in [2.24, 2.45) is 0 Å². The highest BCUT2D eigenvalue weighted by atomic mass is 16.5. The van der Waals surface area contributed by atoms with Gasteiger partial charge >= 0.3 is 12.1 Å². The number of amides is 1. The van der Waals surface area contributed by atoms with Crippen molar-refractivity contribution >= 4 is 12.1 Å². The number of benzene rings is 3. The van der Waals surface area contributed by atoms with Gasteiger partial charge in [0.2, 0.25) is 0 Å². The summed E-state index contributed by atoms with van der Waals surface area (Å²) in [5, 5.41) is 12.1. The van der Waals surface area contributed by atoms with Crippen LogP contribution < -0.4 is 10.1 Å². The minimum absolute atomic E-state index is 0.0649. The van der Waals surface area contributed by atoms with Crippen molar-refractivity contribution in [3.05, 3.63) is 89.5 Å². The lowest BCUT2D eigenvalue weighted by molar-refractivity contribution is -0.137. The summed E-state index contributed by atoms with van der Waals surface area (Å²) in [5.41, 5.74) is 4.85. The Hall–Kier alpha value is -3.80. The van der Waals surface area contributed by atoms with Gasteiger partial charge < -0.3 is 19.9 Å². The lowest BCUT2D eigenvalue weighted by atomic mass is 9.98. The Balaban J connectivity index is 1.45. The molecule has 1 unspecified atom stereocenters. The average molecular weight is 460 g/mol. The second-order valence-corrected chi connectivity index (χ2v) is 9.40. The van der Waals surface area contributed by atoms with Crippen LogP contribution in [0.15, 0.2) is 72.8 Å². The first-order valence-electron chi connectivity index (χ1n) is 11.3. The molecular formula is C28H29NO5. The average Bonchev–Trinajstić information content (AvgIpc) is 3.10. The number of carboxylic acid groups (broad SMARTS) is 1. The Morgan fingerprint density at radius 3 is 2.00 bits per heavy atom. The third-order valence-electron chi connectivity index (χ3n) is 5.72. The van der Waals surface area contributed by atoms with E-state index in [1.54, 1.807) is 24.3 Å². The lowest BCUT2D eigenvalue weighted by Crippen LogP contribution is -2.31. The number of fused-ring (bicyclic) bond motifs is 3. The summed E-state index contributed by atoms with van der Waals surface area (Å²) < 4.78 is 11.4. The Morgan fingerprint density at radius 1 is 0.912 bits per heavy atom. The minimum Gasteiger partial charge on any atom is -0.488 e. The summed E-state index contributed by atoms with van der Waals surface area (Å²) in [6.45, 7) is 6.02. The second-order valence-electron chi connectivity index (χ2n) is 9.40. The first-order chi connectivity index (χ1) is 16.2. The third-order valence-corrected chi connectivity index (χ3v) is 5.72. The van der Waals surface area contributed by atoms with Gasteiger partial charge in [0.25, 0.3) is 0 Å². The van der Waals surface area contributed by atoms with E-state index in [1.807, 2.05) is 45.0 Å². The zero-order valence-electron chi connectivity index (χ0n) is 19.6. The van der Waals surface area contributed by atoms with Gasteiger partial charge in [-0.3, -0.25) is 4.79 Å². The Bertz CT molecular complexity index is 1130. The molecule has 176 valence electrons. The summed E-state index contributed by atoms with van der Waals surface area (Å²) in [6, 6.07) is 22.6. The van der Waals surface area contributed by atoms with Crippen molar-refractivity contribution in [2.75, 3.05) is 6.61 Å². The van der Waals surface area contributed by atoms with E-state index in [9.17, 15) is 14.7 Å². The SMILES string of the molecule is CC(C)(C)Oc1ccc(C(CC(=O)O)NC(=O)OCC2c3ccccc3-c3ccccc32)cc1. The van der Waals surface area contributed by atoms with Crippen LogP contribution in [0, 0.1) is 0 Å². The van der Waals surface area contributed by atoms with Gasteiger partial charge in [0.15, 0.2) is 0 Å². The molecule has 1 amide bonds. The van der Waals surface area contributed by atoms with Crippen molar-refractivity contribution in [3.63, 3.8) is 0 Å². The molecule has 0 aliphatic heterocycles. The number of carbonyl (C=O) groups is 2. The first-order valence-corrected chi connectivity index (χ1v) is 11.3. The van der Waals surface area contributed by atoms with Gasteiger partial charge in [-0.1, -0.05) is 60.7 Å². The van der Waals surface area contributed by atoms with Crippen LogP contribution in [0.2, 0.25) is 0 Å². The smallest absolute Gasteiger partial charge is 0.407 e. The summed E-state index contributed by atoms with van der Waals surface area (Å²) in [4.78, 5) is 24.1. The summed E-state index contributed by atoms with van der Waals surface area (Å²) >= 11 is 0. The maximum absolute atomic E-state index is 12.7. The molecular weight excluding hydrogens is 430 g/mol. The van der Waals surface area contributed by atoms with E-state index >= 15 is 0 Å². The molecule has 0 heterocycles. The maximum Gasteiger partial charge on any atom is 0.407 e. The van der Waals surface area contributed by atoms with E-state index in [0.29, 0.717) is 11.3 Å². The number of hydrogen-bond donors (Lipinski definition) is 2. The van der Waals surface area contributed by atoms with E-state index in [4.69, 9.17) is 9.47 Å². The molecule has 6 nitrogen and oxygen atoms in total. The van der Waals surface area contributed by atoms with E-state index in [2.05, 4.69) is 29.6 Å². The van der Waals surface area contributed by atoms with E-state index in [1.165, 1.54) is 0 Å². The van der Waals surface area contributed by atoms with Crippen LogP contribution in [0.25, 0.3) is 11.1 Å². The van der Waals surface area contributed by atoms with Gasteiger partial charge in [0, 0.05) is 5.92 Å². The molecule has 1 aliphatic rings. The topological polar surface area (TPSA) is 84.9 Å². The van der Waals surface area contributed by atoms with Crippen molar-refractivity contribution in [1.29, 1.82) is 0 Å². The fourth-order valence-electron chi connectivity index (χ4n) is 4.33. The van der Waals surface area contributed by atoms with Crippen LogP contribution in [0.1, 0.15) is 55.8 Å². The van der Waals surface area contributed by atoms with E-state index < -0.39 is 18.1 Å². The molecule has 3 aromatic rings. The Kier molecular flexibility index (Phi) is 6.59. The highest BCUT2D eigenvalue weighted by Gasteiger charge is 2.29. The van der Waals surface area contributed by atoms with Crippen LogP contribution in [-0.2, 0) is 9.53 Å². The molecule has 0 aromatic heterocycles. The molecule has 0 bridgehead atoms. The van der Waals surface area contributed by atoms with Crippen LogP contribution in [0.3, 0.4) is 0 Å². The van der Waals surface area contributed by atoms with E-state index in [0.717, 1.165) is 22.3 Å². The molecule has 6 heteroatoms. The number of hydrogen-bond acceptors (Lipinski definition) is 4. The van der Waals surface area contributed by atoms with Crippen molar-refractivity contribution in [3.8, 4) is 16.9 Å². The monoisotopic (exact) mass is 459 g/mol. The molecule has 1 aliphatic carbocycles. The summed E-state index contributed by atoms with van der Waals surface area (Å²) in [6.07, 6.45) is -0.910. The van der Waals surface area contributed by atoms with Crippen LogP contribution in [0.4, 0.5) is 4.79 Å². The van der Waals surface area contributed by atoms with Crippen molar-refractivity contribution < 1.29 is 24.2 Å². The zero-order chi connectivity index (χ0) is 24.3. The molecule has 0 radical (unpaired) electrons. The van der Waals surface area contributed by atoms with E-state index in [-0.39, 0.29) is 24.5 Å². The van der Waals surface area contributed by atoms with Crippen LogP contribution in [-0.4, -0.2) is 29.4 Å². The normalized spacial score (nSPS) is 13.5. The van der Waals surface area contributed by atoms with Gasteiger partial charge in [-0.25, -0.2) is 4.79 Å². The molecule has 3 aromatic carbocycles. The number of ether oxygens (including phenoxy) is 2.